The minimum Gasteiger partial charge on any atom is -0.491 e. The van der Waals surface area contributed by atoms with Crippen molar-refractivity contribution in [2.45, 2.75) is 19.2 Å². The summed E-state index contributed by atoms with van der Waals surface area (Å²) in [6.45, 7) is 6.39. The Bertz CT molecular complexity index is 918. The number of nitrogens with zero attached hydrogens (tertiary/aromatic N) is 2. The predicted octanol–water partition coefficient (Wildman–Crippen LogP) is 3.41. The summed E-state index contributed by atoms with van der Waals surface area (Å²) in [5, 5.41) is 15.4. The van der Waals surface area contributed by atoms with E-state index < -0.39 is 23.9 Å². The number of likely N-dealkylation sites (N-methyl/N-ethyl adjacent to an activating group) is 1. The molecule has 1 saturated heterocycles. The van der Waals surface area contributed by atoms with Crippen molar-refractivity contribution >= 4 is 17.4 Å². The van der Waals surface area contributed by atoms with Crippen LogP contribution >= 0.6 is 0 Å². The van der Waals surface area contributed by atoms with Gasteiger partial charge in [-0.15, -0.1) is 0 Å². The molecule has 3 N–H and O–H groups in total. The van der Waals surface area contributed by atoms with Gasteiger partial charge < -0.3 is 30.3 Å². The van der Waals surface area contributed by atoms with Crippen molar-refractivity contribution < 1.29 is 27.8 Å². The molecule has 3 rings (SSSR count). The average molecular weight is 467 g/mol. The van der Waals surface area contributed by atoms with Gasteiger partial charge in [-0.3, -0.25) is 0 Å². The van der Waals surface area contributed by atoms with Crippen molar-refractivity contribution in [2.75, 3.05) is 56.1 Å². The van der Waals surface area contributed by atoms with Gasteiger partial charge in [0.25, 0.3) is 0 Å². The maximum Gasteiger partial charge on any atom is 0.416 e. The molecular formula is C23H29F3N4O3. The van der Waals surface area contributed by atoms with E-state index in [0.717, 1.165) is 50.5 Å². The highest BCUT2D eigenvalue weighted by Gasteiger charge is 2.30. The number of anilines is 2. The number of amides is 2. The normalized spacial score (nSPS) is 15.7. The quantitative estimate of drug-likeness (QED) is 0.556. The number of ether oxygens (including phenoxy) is 1. The third-order valence-corrected chi connectivity index (χ3v) is 5.41. The number of nitrogens with one attached hydrogen (secondary N) is 2. The van der Waals surface area contributed by atoms with Gasteiger partial charge in [0.1, 0.15) is 18.5 Å². The van der Waals surface area contributed by atoms with Crippen LogP contribution in [0.4, 0.5) is 29.3 Å². The lowest BCUT2D eigenvalue weighted by atomic mass is 10.2. The van der Waals surface area contributed by atoms with Crippen LogP contribution < -0.4 is 20.3 Å². The van der Waals surface area contributed by atoms with Gasteiger partial charge >= 0.3 is 12.2 Å². The molecule has 180 valence electrons. The van der Waals surface area contributed by atoms with E-state index in [1.807, 2.05) is 24.3 Å². The highest BCUT2D eigenvalue weighted by Crippen LogP contribution is 2.31. The van der Waals surface area contributed by atoms with Gasteiger partial charge in [0.05, 0.1) is 16.9 Å². The van der Waals surface area contributed by atoms with Crippen molar-refractivity contribution in [1.29, 1.82) is 0 Å². The van der Waals surface area contributed by atoms with E-state index in [2.05, 4.69) is 27.4 Å². The monoisotopic (exact) mass is 466 g/mol. The van der Waals surface area contributed by atoms with Crippen LogP contribution in [0.2, 0.25) is 0 Å². The molecule has 0 saturated carbocycles. The van der Waals surface area contributed by atoms with Gasteiger partial charge in [-0.25, -0.2) is 4.79 Å². The van der Waals surface area contributed by atoms with Crippen LogP contribution in [0.1, 0.15) is 12.5 Å². The third-order valence-electron chi connectivity index (χ3n) is 5.41. The highest BCUT2D eigenvalue weighted by molar-refractivity contribution is 5.93. The fourth-order valence-electron chi connectivity index (χ4n) is 3.55. The number of urea groups is 1. The van der Waals surface area contributed by atoms with E-state index in [9.17, 15) is 23.1 Å². The van der Waals surface area contributed by atoms with E-state index >= 15 is 0 Å². The van der Waals surface area contributed by atoms with E-state index in [1.54, 1.807) is 0 Å². The number of hydrogen-bond acceptors (Lipinski definition) is 5. The number of rotatable bonds is 8. The molecule has 2 amide bonds. The second-order valence-electron chi connectivity index (χ2n) is 7.76. The standard InChI is InChI=1S/C23H29F3N4O3/c1-2-29-10-12-30(13-11-29)21-9-4-3-8-20(21)28-22(32)27-15-18(31)16-33-19-7-5-6-17(14-19)23(24,25)26/h3-9,14,18,31H,2,10-13,15-16H2,1H3,(H2,27,28,32). The van der Waals surface area contributed by atoms with E-state index in [0.29, 0.717) is 5.69 Å². The van der Waals surface area contributed by atoms with Gasteiger partial charge in [0.2, 0.25) is 0 Å². The van der Waals surface area contributed by atoms with Crippen molar-refractivity contribution in [2.24, 2.45) is 0 Å². The Kier molecular flexibility index (Phi) is 8.40. The van der Waals surface area contributed by atoms with Gasteiger partial charge in [-0.1, -0.05) is 25.1 Å². The minimum atomic E-state index is -4.47. The van der Waals surface area contributed by atoms with Crippen LogP contribution in [0.25, 0.3) is 0 Å². The Balaban J connectivity index is 1.47. The number of halogens is 3. The largest absolute Gasteiger partial charge is 0.491 e. The number of alkyl halides is 3. The molecule has 1 aliphatic rings. The summed E-state index contributed by atoms with van der Waals surface area (Å²) in [4.78, 5) is 16.9. The summed E-state index contributed by atoms with van der Waals surface area (Å²) in [5.74, 6) is -0.00887. The van der Waals surface area contributed by atoms with Gasteiger partial charge in [0.15, 0.2) is 0 Å². The zero-order chi connectivity index (χ0) is 23.8. The fraction of sp³-hybridized carbons (Fsp3) is 0.435. The van der Waals surface area contributed by atoms with E-state index in [-0.39, 0.29) is 18.9 Å². The lowest BCUT2D eigenvalue weighted by molar-refractivity contribution is -0.137. The number of hydrogen-bond donors (Lipinski definition) is 3. The SMILES string of the molecule is CCN1CCN(c2ccccc2NC(=O)NCC(O)COc2cccc(C(F)(F)F)c2)CC1. The van der Waals surface area contributed by atoms with Crippen LogP contribution in [-0.4, -0.2) is 68.0 Å². The van der Waals surface area contributed by atoms with Crippen molar-refractivity contribution in [1.82, 2.24) is 10.2 Å². The Hall–Kier alpha value is -2.98. The molecule has 7 nitrogen and oxygen atoms in total. The Morgan fingerprint density at radius 3 is 2.55 bits per heavy atom. The molecule has 0 spiro atoms. The lowest BCUT2D eigenvalue weighted by Crippen LogP contribution is -2.46. The van der Waals surface area contributed by atoms with Crippen molar-refractivity contribution in [3.05, 3.63) is 54.1 Å². The molecular weight excluding hydrogens is 437 g/mol. The topological polar surface area (TPSA) is 77.1 Å². The van der Waals surface area contributed by atoms with Gasteiger partial charge in [0, 0.05) is 32.7 Å². The fourth-order valence-corrected chi connectivity index (χ4v) is 3.55. The second kappa shape index (κ2) is 11.2. The first-order chi connectivity index (χ1) is 15.8. The summed E-state index contributed by atoms with van der Waals surface area (Å²) >= 11 is 0. The number of carbonyl (C=O) groups is 1. The summed E-state index contributed by atoms with van der Waals surface area (Å²) < 4.78 is 43.6. The molecule has 1 heterocycles. The number of piperazine rings is 1. The van der Waals surface area contributed by atoms with Gasteiger partial charge in [-0.05, 0) is 36.9 Å². The number of aliphatic hydroxyl groups excluding tert-OH is 1. The number of carbonyl (C=O) groups excluding carboxylic acids is 1. The van der Waals surface area contributed by atoms with Crippen LogP contribution in [-0.2, 0) is 6.18 Å². The summed E-state index contributed by atoms with van der Waals surface area (Å²) in [7, 11) is 0. The first kappa shape index (κ1) is 24.7. The van der Waals surface area contributed by atoms with Crippen LogP contribution in [0.3, 0.4) is 0 Å². The smallest absolute Gasteiger partial charge is 0.416 e. The summed E-state index contributed by atoms with van der Waals surface area (Å²) in [5.41, 5.74) is 0.758. The molecule has 33 heavy (non-hydrogen) atoms. The summed E-state index contributed by atoms with van der Waals surface area (Å²) in [6, 6.07) is 11.4. The molecule has 0 bridgehead atoms. The molecule has 0 radical (unpaired) electrons. The first-order valence-electron chi connectivity index (χ1n) is 10.9. The lowest BCUT2D eigenvalue weighted by Gasteiger charge is -2.36. The first-order valence-corrected chi connectivity index (χ1v) is 10.9. The molecule has 1 unspecified atom stereocenters. The Morgan fingerprint density at radius 2 is 1.85 bits per heavy atom. The number of para-hydroxylation sites is 2. The third kappa shape index (κ3) is 7.26. The molecule has 0 aliphatic carbocycles. The molecule has 10 heteroatoms. The highest BCUT2D eigenvalue weighted by atomic mass is 19.4. The molecule has 1 aliphatic heterocycles. The maximum atomic E-state index is 12.8. The van der Waals surface area contributed by atoms with Crippen LogP contribution in [0.15, 0.2) is 48.5 Å². The maximum absolute atomic E-state index is 12.8. The Morgan fingerprint density at radius 1 is 1.12 bits per heavy atom. The molecule has 1 atom stereocenters. The van der Waals surface area contributed by atoms with E-state index in [4.69, 9.17) is 4.74 Å². The number of aliphatic hydroxyl groups is 1. The average Bonchev–Trinajstić information content (AvgIpc) is 2.81. The minimum absolute atomic E-state index is 0.00887. The molecule has 2 aromatic rings. The molecule has 2 aromatic carbocycles. The summed E-state index contributed by atoms with van der Waals surface area (Å²) in [6.07, 6.45) is -5.57. The predicted molar refractivity (Wildman–Crippen MR) is 121 cm³/mol. The van der Waals surface area contributed by atoms with Gasteiger partial charge in [-0.2, -0.15) is 13.2 Å². The Labute approximate surface area is 191 Å². The van der Waals surface area contributed by atoms with Crippen LogP contribution in [0.5, 0.6) is 5.75 Å². The number of benzene rings is 2. The zero-order valence-electron chi connectivity index (χ0n) is 18.4. The second-order valence-corrected chi connectivity index (χ2v) is 7.76. The van der Waals surface area contributed by atoms with E-state index in [1.165, 1.54) is 12.1 Å². The van der Waals surface area contributed by atoms with Crippen molar-refractivity contribution in [3.63, 3.8) is 0 Å². The van der Waals surface area contributed by atoms with Crippen molar-refractivity contribution in [3.8, 4) is 5.75 Å². The molecule has 1 fully saturated rings. The van der Waals surface area contributed by atoms with Crippen LogP contribution in [0, 0.1) is 0 Å². The zero-order valence-corrected chi connectivity index (χ0v) is 18.4. The molecule has 0 aromatic heterocycles.